The zero-order valence-electron chi connectivity index (χ0n) is 23.5. The van der Waals surface area contributed by atoms with Crippen LogP contribution in [0.1, 0.15) is 11.1 Å². The van der Waals surface area contributed by atoms with Gasteiger partial charge in [0.1, 0.15) is 12.1 Å². The average molecular weight is 599 g/mol. The number of hydrogen-bond donors (Lipinski definition) is 4. The number of carboxylic acid groups (broad SMARTS) is 2. The van der Waals surface area contributed by atoms with E-state index in [1.807, 2.05) is 48.5 Å². The molecule has 4 N–H and O–H groups in total. The minimum Gasteiger partial charge on any atom is -0.480 e. The van der Waals surface area contributed by atoms with Crippen LogP contribution in [0.15, 0.2) is 60.9 Å². The number of nitrogens with one attached hydrogen (secondary N) is 2. The molecule has 0 bridgehead atoms. The molecule has 4 aliphatic heterocycles. The number of urea groups is 2. The van der Waals surface area contributed by atoms with Gasteiger partial charge in [-0.1, -0.05) is 36.4 Å². The van der Waals surface area contributed by atoms with Crippen molar-refractivity contribution in [3.63, 3.8) is 0 Å². The fraction of sp³-hybridized carbons (Fsp3) is 0.333. The molecule has 14 heteroatoms. The van der Waals surface area contributed by atoms with Crippen LogP contribution < -0.4 is 0 Å². The molecular formula is C30H30N8O6. The maximum atomic E-state index is 13.8. The summed E-state index contributed by atoms with van der Waals surface area (Å²) < 4.78 is 0. The SMILES string of the molecule is O=C(O)C(Cc1c[nH]c2ccccc12)N1CN2C(=O)N3CN(C(Cc4c[nH]c5ccccc45)C(=O)O)CN4C(=O)N(C1)C2C34. The van der Waals surface area contributed by atoms with Crippen LogP contribution in [0.2, 0.25) is 0 Å². The highest BCUT2D eigenvalue weighted by Gasteiger charge is 2.64. The van der Waals surface area contributed by atoms with E-state index in [-0.39, 0.29) is 51.6 Å². The largest absolute Gasteiger partial charge is 0.480 e. The van der Waals surface area contributed by atoms with Crippen molar-refractivity contribution in [2.45, 2.75) is 37.3 Å². The molecule has 4 aliphatic rings. The fourth-order valence-electron chi connectivity index (χ4n) is 7.37. The van der Waals surface area contributed by atoms with Crippen LogP contribution in [0.4, 0.5) is 9.59 Å². The van der Waals surface area contributed by atoms with E-state index in [1.54, 1.807) is 22.2 Å². The number of carboxylic acids is 2. The standard InChI is InChI=1S/C30H30N8O6/c39-27(40)23(9-17-11-31-21-7-3-1-5-19(17)21)33-13-35-25-26-37(29(35)43)15-34(16-38(26)30(44)36(25)14-33)24(28(41)42)10-18-12-32-22-8-4-2-6-20(18)22/h1-8,11-12,23-26,31-32H,9-10,13-16H2,(H,39,40)(H,41,42). The van der Waals surface area contributed by atoms with E-state index < -0.39 is 36.4 Å². The predicted molar refractivity (Wildman–Crippen MR) is 156 cm³/mol. The topological polar surface area (TPSA) is 160 Å². The lowest BCUT2D eigenvalue weighted by molar-refractivity contribution is -0.149. The minimum atomic E-state index is -1.04. The summed E-state index contributed by atoms with van der Waals surface area (Å²) in [4.78, 5) is 68.6. The molecule has 0 radical (unpaired) electrons. The molecule has 4 fully saturated rings. The van der Waals surface area contributed by atoms with Crippen molar-refractivity contribution in [2.24, 2.45) is 0 Å². The molecule has 0 spiro atoms. The molecule has 0 saturated carbocycles. The van der Waals surface area contributed by atoms with E-state index in [0.717, 1.165) is 32.9 Å². The summed E-state index contributed by atoms with van der Waals surface area (Å²) in [6, 6.07) is 12.6. The number of H-pyrrole nitrogens is 2. The third-order valence-electron chi connectivity index (χ3n) is 9.49. The monoisotopic (exact) mass is 598 g/mol. The van der Waals surface area contributed by atoms with Crippen LogP contribution in [0, 0.1) is 0 Å². The number of fused-ring (bicyclic) bond motifs is 2. The van der Waals surface area contributed by atoms with Crippen molar-refractivity contribution in [3.05, 3.63) is 72.1 Å². The van der Waals surface area contributed by atoms with Crippen molar-refractivity contribution in [1.82, 2.24) is 39.4 Å². The summed E-state index contributed by atoms with van der Waals surface area (Å²) in [5.41, 5.74) is 3.48. The lowest BCUT2D eigenvalue weighted by Crippen LogP contribution is -2.64. The van der Waals surface area contributed by atoms with Crippen molar-refractivity contribution < 1.29 is 29.4 Å². The Bertz CT molecular complexity index is 1670. The van der Waals surface area contributed by atoms with Crippen LogP contribution in [0.5, 0.6) is 0 Å². The Balaban J connectivity index is 1.06. The maximum Gasteiger partial charge on any atom is 0.325 e. The number of aromatic nitrogens is 2. The Morgan fingerprint density at radius 1 is 0.659 bits per heavy atom. The summed E-state index contributed by atoms with van der Waals surface area (Å²) in [6.07, 6.45) is 2.83. The van der Waals surface area contributed by atoms with Gasteiger partial charge in [0.2, 0.25) is 0 Å². The molecule has 2 aromatic carbocycles. The molecule has 2 aromatic heterocycles. The maximum absolute atomic E-state index is 13.8. The van der Waals surface area contributed by atoms with Gasteiger partial charge in [-0.3, -0.25) is 39.0 Å². The molecule has 6 heterocycles. The van der Waals surface area contributed by atoms with Gasteiger partial charge in [0.05, 0.1) is 26.7 Å². The van der Waals surface area contributed by atoms with E-state index in [9.17, 15) is 29.4 Å². The number of aliphatic carboxylic acids is 2. The quantitative estimate of drug-likeness (QED) is 0.239. The number of rotatable bonds is 8. The second-order valence-corrected chi connectivity index (χ2v) is 11.9. The van der Waals surface area contributed by atoms with Gasteiger partial charge < -0.3 is 20.2 Å². The Kier molecular flexibility index (Phi) is 5.86. The highest BCUT2D eigenvalue weighted by atomic mass is 16.4. The Hall–Kier alpha value is -5.08. The van der Waals surface area contributed by atoms with Crippen LogP contribution in [-0.4, -0.2) is 125 Å². The normalized spacial score (nSPS) is 23.2. The van der Waals surface area contributed by atoms with Gasteiger partial charge in [-0.25, -0.2) is 9.59 Å². The third kappa shape index (κ3) is 3.87. The van der Waals surface area contributed by atoms with E-state index in [4.69, 9.17) is 0 Å². The zero-order valence-corrected chi connectivity index (χ0v) is 23.5. The van der Waals surface area contributed by atoms with Crippen molar-refractivity contribution >= 4 is 45.8 Å². The van der Waals surface area contributed by atoms with Gasteiger partial charge in [0.15, 0.2) is 12.3 Å². The summed E-state index contributed by atoms with van der Waals surface area (Å²) >= 11 is 0. The van der Waals surface area contributed by atoms with Gasteiger partial charge >= 0.3 is 24.0 Å². The molecule has 44 heavy (non-hydrogen) atoms. The van der Waals surface area contributed by atoms with Gasteiger partial charge in [-0.2, -0.15) is 0 Å². The van der Waals surface area contributed by atoms with E-state index >= 15 is 0 Å². The van der Waals surface area contributed by atoms with Crippen LogP contribution >= 0.6 is 0 Å². The first-order chi connectivity index (χ1) is 21.3. The summed E-state index contributed by atoms with van der Waals surface area (Å²) in [5, 5.41) is 22.4. The lowest BCUT2D eigenvalue weighted by atomic mass is 10.0. The van der Waals surface area contributed by atoms with E-state index in [2.05, 4.69) is 9.97 Å². The molecule has 2 unspecified atom stereocenters. The fourth-order valence-corrected chi connectivity index (χ4v) is 7.37. The first kappa shape index (κ1) is 26.5. The minimum absolute atomic E-state index is 0.0329. The molecule has 2 atom stereocenters. The molecular weight excluding hydrogens is 568 g/mol. The molecule has 0 aliphatic carbocycles. The lowest BCUT2D eigenvalue weighted by Gasteiger charge is -2.44. The number of hydrogen-bond acceptors (Lipinski definition) is 6. The molecule has 4 amide bonds. The molecule has 14 nitrogen and oxygen atoms in total. The summed E-state index contributed by atoms with van der Waals surface area (Å²) in [6.45, 7) is 0.132. The van der Waals surface area contributed by atoms with E-state index in [0.29, 0.717) is 0 Å². The number of amides is 4. The second kappa shape index (κ2) is 9.72. The summed E-state index contributed by atoms with van der Waals surface area (Å²) in [7, 11) is 0. The van der Waals surface area contributed by atoms with Gasteiger partial charge in [-0.15, -0.1) is 0 Å². The van der Waals surface area contributed by atoms with Crippen molar-refractivity contribution in [3.8, 4) is 0 Å². The number of nitrogens with zero attached hydrogens (tertiary/aromatic N) is 6. The van der Waals surface area contributed by atoms with Crippen molar-refractivity contribution in [2.75, 3.05) is 26.7 Å². The Morgan fingerprint density at radius 3 is 1.39 bits per heavy atom. The Morgan fingerprint density at radius 2 is 1.02 bits per heavy atom. The van der Waals surface area contributed by atoms with Gasteiger partial charge in [-0.05, 0) is 23.3 Å². The van der Waals surface area contributed by atoms with Crippen molar-refractivity contribution in [1.29, 1.82) is 0 Å². The van der Waals surface area contributed by atoms with Crippen LogP contribution in [0.3, 0.4) is 0 Å². The number of benzene rings is 2. The van der Waals surface area contributed by atoms with Gasteiger partial charge in [0, 0.05) is 47.0 Å². The second-order valence-electron chi connectivity index (χ2n) is 11.9. The summed E-state index contributed by atoms with van der Waals surface area (Å²) in [5.74, 6) is -2.09. The number of carbonyl (C=O) groups is 4. The third-order valence-corrected chi connectivity index (χ3v) is 9.49. The number of aromatic amines is 2. The van der Waals surface area contributed by atoms with E-state index in [1.165, 1.54) is 19.6 Å². The number of para-hydroxylation sites is 2. The molecule has 4 aromatic rings. The van der Waals surface area contributed by atoms with Crippen LogP contribution in [-0.2, 0) is 22.4 Å². The Labute approximate surface area is 250 Å². The highest BCUT2D eigenvalue weighted by Crippen LogP contribution is 2.41. The smallest absolute Gasteiger partial charge is 0.325 e. The first-order valence-corrected chi connectivity index (χ1v) is 14.5. The average Bonchev–Trinajstić information content (AvgIpc) is 3.77. The molecule has 226 valence electrons. The molecule has 8 rings (SSSR count). The zero-order chi connectivity index (χ0) is 30.3. The number of carbonyl (C=O) groups excluding carboxylic acids is 2. The molecule has 4 saturated heterocycles. The first-order valence-electron chi connectivity index (χ1n) is 14.5. The predicted octanol–water partition coefficient (Wildman–Crippen LogP) is 1.93. The van der Waals surface area contributed by atoms with Gasteiger partial charge in [0.25, 0.3) is 0 Å². The highest BCUT2D eigenvalue weighted by molar-refractivity contribution is 5.88. The van der Waals surface area contributed by atoms with Crippen LogP contribution in [0.25, 0.3) is 21.8 Å².